The molecule has 0 saturated carbocycles. The molecule has 6 heteroatoms. The highest BCUT2D eigenvalue weighted by Gasteiger charge is 2.27. The Morgan fingerprint density at radius 2 is 2.00 bits per heavy atom. The molecule has 1 aromatic heterocycles. The van der Waals surface area contributed by atoms with E-state index < -0.39 is 15.4 Å². The third-order valence-electron chi connectivity index (χ3n) is 2.55. The minimum absolute atomic E-state index is 0.147. The number of hydrogen-bond donors (Lipinski definition) is 1. The number of sulfone groups is 1. The summed E-state index contributed by atoms with van der Waals surface area (Å²) in [5.41, 5.74) is 5.71. The van der Waals surface area contributed by atoms with Gasteiger partial charge in [0.05, 0.1) is 5.54 Å². The van der Waals surface area contributed by atoms with E-state index in [2.05, 4.69) is 4.98 Å². The molecule has 0 aromatic carbocycles. The Kier molecular flexibility index (Phi) is 3.52. The fourth-order valence-corrected chi connectivity index (χ4v) is 3.27. The van der Waals surface area contributed by atoms with Crippen molar-refractivity contribution in [2.45, 2.75) is 36.6 Å². The molecule has 86 valence electrons. The maximum atomic E-state index is 11.3. The van der Waals surface area contributed by atoms with E-state index in [9.17, 15) is 8.42 Å². The summed E-state index contributed by atoms with van der Waals surface area (Å²) < 4.78 is 22.7. The van der Waals surface area contributed by atoms with Crippen LogP contribution in [0.1, 0.15) is 31.6 Å². The third kappa shape index (κ3) is 2.56. The van der Waals surface area contributed by atoms with Crippen LogP contribution in [0.25, 0.3) is 0 Å². The van der Waals surface area contributed by atoms with Crippen molar-refractivity contribution in [3.63, 3.8) is 0 Å². The van der Waals surface area contributed by atoms with Crippen molar-refractivity contribution in [2.75, 3.05) is 6.26 Å². The van der Waals surface area contributed by atoms with Crippen molar-refractivity contribution in [1.82, 2.24) is 4.98 Å². The molecule has 0 bridgehead atoms. The predicted octanol–water partition coefficient (Wildman–Crippen LogP) is 1.52. The molecule has 0 aliphatic carbocycles. The second-order valence-corrected chi connectivity index (χ2v) is 6.85. The molecule has 4 nitrogen and oxygen atoms in total. The summed E-state index contributed by atoms with van der Waals surface area (Å²) in [6.07, 6.45) is 4.28. The van der Waals surface area contributed by atoms with Crippen LogP contribution >= 0.6 is 11.3 Å². The average molecular weight is 248 g/mol. The molecule has 0 aliphatic rings. The molecule has 1 rings (SSSR count). The van der Waals surface area contributed by atoms with Crippen LogP contribution in [0.15, 0.2) is 10.5 Å². The first-order valence-corrected chi connectivity index (χ1v) is 7.49. The molecular weight excluding hydrogens is 232 g/mol. The summed E-state index contributed by atoms with van der Waals surface area (Å²) >= 11 is 1.17. The molecule has 1 heterocycles. The Hall–Kier alpha value is -0.460. The van der Waals surface area contributed by atoms with Gasteiger partial charge in [-0.1, -0.05) is 13.8 Å². The van der Waals surface area contributed by atoms with Crippen LogP contribution in [-0.4, -0.2) is 19.7 Å². The van der Waals surface area contributed by atoms with E-state index in [1.807, 2.05) is 13.8 Å². The highest BCUT2D eigenvalue weighted by Crippen LogP contribution is 2.31. The highest BCUT2D eigenvalue weighted by molar-refractivity contribution is 7.92. The number of thiazole rings is 1. The molecular formula is C9H16N2O2S2. The smallest absolute Gasteiger partial charge is 0.209 e. The van der Waals surface area contributed by atoms with Crippen molar-refractivity contribution in [2.24, 2.45) is 5.73 Å². The molecule has 0 aliphatic heterocycles. The first-order valence-electron chi connectivity index (χ1n) is 4.78. The van der Waals surface area contributed by atoms with Gasteiger partial charge in [-0.2, -0.15) is 0 Å². The zero-order valence-corrected chi connectivity index (χ0v) is 10.8. The van der Waals surface area contributed by atoms with Crippen LogP contribution < -0.4 is 5.73 Å². The van der Waals surface area contributed by atoms with E-state index in [1.54, 1.807) is 6.20 Å². The lowest BCUT2D eigenvalue weighted by Gasteiger charge is -2.24. The monoisotopic (exact) mass is 248 g/mol. The lowest BCUT2D eigenvalue weighted by atomic mass is 9.93. The van der Waals surface area contributed by atoms with Crippen LogP contribution in [0, 0.1) is 0 Å². The Bertz CT molecular complexity index is 433. The van der Waals surface area contributed by atoms with Crippen LogP contribution in [0.5, 0.6) is 0 Å². The second-order valence-electron chi connectivity index (χ2n) is 3.63. The largest absolute Gasteiger partial charge is 0.321 e. The Morgan fingerprint density at radius 1 is 1.47 bits per heavy atom. The molecule has 0 amide bonds. The summed E-state index contributed by atoms with van der Waals surface area (Å²) in [7, 11) is -3.21. The molecule has 0 spiro atoms. The fraction of sp³-hybridized carbons (Fsp3) is 0.667. The van der Waals surface area contributed by atoms with Crippen molar-refractivity contribution in [1.29, 1.82) is 0 Å². The molecule has 0 fully saturated rings. The van der Waals surface area contributed by atoms with Crippen molar-refractivity contribution in [3.8, 4) is 0 Å². The molecule has 0 radical (unpaired) electrons. The Balaban J connectivity index is 3.14. The van der Waals surface area contributed by atoms with Gasteiger partial charge in [-0.05, 0) is 12.8 Å². The van der Waals surface area contributed by atoms with E-state index in [0.717, 1.165) is 24.0 Å². The van der Waals surface area contributed by atoms with Gasteiger partial charge in [-0.25, -0.2) is 13.4 Å². The number of hydrogen-bond acceptors (Lipinski definition) is 5. The third-order valence-corrected chi connectivity index (χ3v) is 5.46. The lowest BCUT2D eigenvalue weighted by Crippen LogP contribution is -2.34. The molecule has 1 aromatic rings. The number of rotatable bonds is 4. The number of aromatic nitrogens is 1. The standard InChI is InChI=1S/C9H16N2O2S2/c1-4-9(10,5-2)7-6-11-8(14-7)15(3,12)13/h6H,4-5,10H2,1-3H3. The number of nitrogens with two attached hydrogens (primary N) is 1. The normalized spacial score (nSPS) is 13.1. The number of nitrogens with zero attached hydrogens (tertiary/aromatic N) is 1. The summed E-state index contributed by atoms with van der Waals surface area (Å²) in [6.45, 7) is 3.98. The topological polar surface area (TPSA) is 73.0 Å². The summed E-state index contributed by atoms with van der Waals surface area (Å²) in [5.74, 6) is 0. The minimum Gasteiger partial charge on any atom is -0.321 e. The molecule has 0 atom stereocenters. The van der Waals surface area contributed by atoms with Gasteiger partial charge < -0.3 is 5.73 Å². The minimum atomic E-state index is -3.21. The Labute approximate surface area is 94.4 Å². The quantitative estimate of drug-likeness (QED) is 0.876. The SMILES string of the molecule is CCC(N)(CC)c1cnc(S(C)(=O)=O)s1. The van der Waals surface area contributed by atoms with Crippen LogP contribution in [0.4, 0.5) is 0 Å². The zero-order chi connectivity index (χ0) is 11.7. The summed E-state index contributed by atoms with van der Waals surface area (Å²) in [5, 5.41) is 0. The zero-order valence-electron chi connectivity index (χ0n) is 9.15. The van der Waals surface area contributed by atoms with Gasteiger partial charge in [-0.3, -0.25) is 0 Å². The van der Waals surface area contributed by atoms with Crippen LogP contribution in [0.2, 0.25) is 0 Å². The molecule has 0 unspecified atom stereocenters. The maximum Gasteiger partial charge on any atom is 0.209 e. The molecule has 0 saturated heterocycles. The predicted molar refractivity (Wildman–Crippen MR) is 61.7 cm³/mol. The Morgan fingerprint density at radius 3 is 2.33 bits per heavy atom. The van der Waals surface area contributed by atoms with Crippen molar-refractivity contribution >= 4 is 21.2 Å². The van der Waals surface area contributed by atoms with E-state index in [1.165, 1.54) is 11.3 Å². The molecule has 2 N–H and O–H groups in total. The summed E-state index contributed by atoms with van der Waals surface area (Å²) in [4.78, 5) is 4.74. The summed E-state index contributed by atoms with van der Waals surface area (Å²) in [6, 6.07) is 0. The first-order chi connectivity index (χ1) is 6.83. The van der Waals surface area contributed by atoms with E-state index in [4.69, 9.17) is 5.73 Å². The second kappa shape index (κ2) is 4.19. The molecule has 15 heavy (non-hydrogen) atoms. The van der Waals surface area contributed by atoms with Gasteiger partial charge in [0.25, 0.3) is 0 Å². The van der Waals surface area contributed by atoms with Gasteiger partial charge >= 0.3 is 0 Å². The van der Waals surface area contributed by atoms with Gasteiger partial charge in [0.2, 0.25) is 14.2 Å². The van der Waals surface area contributed by atoms with Crippen LogP contribution in [-0.2, 0) is 15.4 Å². The van der Waals surface area contributed by atoms with Crippen molar-refractivity contribution in [3.05, 3.63) is 11.1 Å². The van der Waals surface area contributed by atoms with E-state index in [0.29, 0.717) is 0 Å². The van der Waals surface area contributed by atoms with Gasteiger partial charge in [0, 0.05) is 17.3 Å². The van der Waals surface area contributed by atoms with Gasteiger partial charge in [0.1, 0.15) is 0 Å². The lowest BCUT2D eigenvalue weighted by molar-refractivity contribution is 0.420. The van der Waals surface area contributed by atoms with Gasteiger partial charge in [0.15, 0.2) is 0 Å². The van der Waals surface area contributed by atoms with E-state index >= 15 is 0 Å². The van der Waals surface area contributed by atoms with Gasteiger partial charge in [-0.15, -0.1) is 11.3 Å². The van der Waals surface area contributed by atoms with E-state index in [-0.39, 0.29) is 4.34 Å². The fourth-order valence-electron chi connectivity index (χ4n) is 1.26. The maximum absolute atomic E-state index is 11.3. The first kappa shape index (κ1) is 12.6. The van der Waals surface area contributed by atoms with Crippen molar-refractivity contribution < 1.29 is 8.42 Å². The average Bonchev–Trinajstić information content (AvgIpc) is 2.65. The van der Waals surface area contributed by atoms with Crippen LogP contribution in [0.3, 0.4) is 0 Å². The highest BCUT2D eigenvalue weighted by atomic mass is 32.2.